The molecule has 0 bridgehead atoms. The quantitative estimate of drug-likeness (QED) is 0.795. The smallest absolute Gasteiger partial charge is 0.337 e. The molecule has 0 spiro atoms. The molecule has 5 heteroatoms. The molecule has 144 valence electrons. The highest BCUT2D eigenvalue weighted by molar-refractivity contribution is 6.04. The van der Waals surface area contributed by atoms with Gasteiger partial charge in [0.2, 0.25) is 0 Å². The number of carbonyl (C=O) groups excluding carboxylic acids is 2. The van der Waals surface area contributed by atoms with Crippen LogP contribution >= 0.6 is 0 Å². The Labute approximate surface area is 160 Å². The van der Waals surface area contributed by atoms with Crippen molar-refractivity contribution in [3.63, 3.8) is 0 Å². The molecule has 0 amide bonds. The molecule has 0 saturated carbocycles. The Morgan fingerprint density at radius 1 is 1.26 bits per heavy atom. The van der Waals surface area contributed by atoms with Crippen LogP contribution < -0.4 is 10.1 Å². The van der Waals surface area contributed by atoms with E-state index in [1.54, 1.807) is 0 Å². The Kier molecular flexibility index (Phi) is 5.68. The van der Waals surface area contributed by atoms with Gasteiger partial charge >= 0.3 is 5.97 Å². The minimum Gasteiger partial charge on any atom is -0.494 e. The molecule has 27 heavy (non-hydrogen) atoms. The fourth-order valence-electron chi connectivity index (χ4n) is 3.85. The third kappa shape index (κ3) is 3.77. The van der Waals surface area contributed by atoms with E-state index in [9.17, 15) is 9.59 Å². The number of Topliss-reactive ketones (excluding diaryl/α,β-unsaturated/α-hetero) is 1. The number of carbonyl (C=O) groups is 2. The first-order valence-corrected chi connectivity index (χ1v) is 9.60. The monoisotopic (exact) mass is 369 g/mol. The van der Waals surface area contributed by atoms with Crippen molar-refractivity contribution in [2.24, 2.45) is 0 Å². The van der Waals surface area contributed by atoms with Crippen molar-refractivity contribution in [1.82, 2.24) is 5.32 Å². The van der Waals surface area contributed by atoms with E-state index < -0.39 is 11.9 Å². The number of para-hydroxylation sites is 1. The zero-order valence-corrected chi connectivity index (χ0v) is 16.4. The highest BCUT2D eigenvalue weighted by Gasteiger charge is 2.40. The number of esters is 1. The maximum Gasteiger partial charge on any atom is 0.337 e. The first-order valence-electron chi connectivity index (χ1n) is 9.60. The Bertz CT molecular complexity index is 819. The van der Waals surface area contributed by atoms with E-state index in [0.29, 0.717) is 29.9 Å². The molecule has 0 radical (unpaired) electrons. The van der Waals surface area contributed by atoms with Crippen LogP contribution in [-0.4, -0.2) is 24.5 Å². The molecule has 1 atom stereocenters. The average Bonchev–Trinajstić information content (AvgIpc) is 2.61. The van der Waals surface area contributed by atoms with Crippen molar-refractivity contribution in [2.45, 2.75) is 59.0 Å². The fourth-order valence-corrected chi connectivity index (χ4v) is 3.85. The predicted molar refractivity (Wildman–Crippen MR) is 103 cm³/mol. The van der Waals surface area contributed by atoms with Crippen molar-refractivity contribution in [3.05, 3.63) is 52.4 Å². The fraction of sp³-hybridized carbons (Fsp3) is 0.455. The van der Waals surface area contributed by atoms with Gasteiger partial charge in [0.15, 0.2) is 5.78 Å². The molecular weight excluding hydrogens is 342 g/mol. The summed E-state index contributed by atoms with van der Waals surface area (Å²) in [5.41, 5.74) is 3.66. The average molecular weight is 369 g/mol. The molecule has 1 aliphatic heterocycles. The van der Waals surface area contributed by atoms with Crippen molar-refractivity contribution in [2.75, 3.05) is 6.61 Å². The van der Waals surface area contributed by atoms with Crippen LogP contribution in [0.15, 0.2) is 46.8 Å². The normalized spacial score (nSPS) is 19.7. The van der Waals surface area contributed by atoms with Gasteiger partial charge in [0.05, 0.1) is 24.2 Å². The predicted octanol–water partition coefficient (Wildman–Crippen LogP) is 4.00. The minimum absolute atomic E-state index is 0.0856. The van der Waals surface area contributed by atoms with Gasteiger partial charge < -0.3 is 14.8 Å². The lowest BCUT2D eigenvalue weighted by molar-refractivity contribution is -0.143. The summed E-state index contributed by atoms with van der Waals surface area (Å²) in [4.78, 5) is 25.8. The van der Waals surface area contributed by atoms with Gasteiger partial charge in [-0.3, -0.25) is 4.79 Å². The van der Waals surface area contributed by atoms with Crippen molar-refractivity contribution in [3.8, 4) is 5.75 Å². The number of ketones is 1. The van der Waals surface area contributed by atoms with Gasteiger partial charge in [0, 0.05) is 29.0 Å². The van der Waals surface area contributed by atoms with Crippen LogP contribution in [0.4, 0.5) is 0 Å². The number of benzene rings is 1. The second kappa shape index (κ2) is 7.99. The summed E-state index contributed by atoms with van der Waals surface area (Å²) < 4.78 is 11.3. The molecule has 2 aliphatic rings. The number of dihydropyridines is 1. The molecule has 1 aromatic carbocycles. The lowest BCUT2D eigenvalue weighted by Crippen LogP contribution is -2.35. The van der Waals surface area contributed by atoms with Crippen LogP contribution in [0.1, 0.15) is 58.4 Å². The Morgan fingerprint density at radius 3 is 2.70 bits per heavy atom. The zero-order chi connectivity index (χ0) is 19.6. The molecule has 0 aromatic heterocycles. The van der Waals surface area contributed by atoms with Crippen LogP contribution in [0, 0.1) is 0 Å². The van der Waals surface area contributed by atoms with Gasteiger partial charge in [0.1, 0.15) is 5.75 Å². The first-order chi connectivity index (χ1) is 12.9. The number of ether oxygens (including phenoxy) is 2. The summed E-state index contributed by atoms with van der Waals surface area (Å²) in [6, 6.07) is 7.63. The van der Waals surface area contributed by atoms with Crippen molar-refractivity contribution >= 4 is 11.8 Å². The topological polar surface area (TPSA) is 64.6 Å². The molecule has 0 saturated heterocycles. The van der Waals surface area contributed by atoms with Gasteiger partial charge in [-0.25, -0.2) is 4.79 Å². The molecule has 1 aromatic rings. The molecule has 1 aliphatic carbocycles. The lowest BCUT2D eigenvalue weighted by Gasteiger charge is -2.35. The molecule has 0 unspecified atom stereocenters. The highest BCUT2D eigenvalue weighted by atomic mass is 16.5. The van der Waals surface area contributed by atoms with E-state index in [1.165, 1.54) is 0 Å². The summed E-state index contributed by atoms with van der Waals surface area (Å²) in [5, 5.41) is 3.30. The first kappa shape index (κ1) is 19.2. The summed E-state index contributed by atoms with van der Waals surface area (Å²) in [6.45, 7) is 7.95. The zero-order valence-electron chi connectivity index (χ0n) is 16.4. The van der Waals surface area contributed by atoms with Gasteiger partial charge in [-0.05, 0) is 46.6 Å². The van der Waals surface area contributed by atoms with Crippen LogP contribution in [0.3, 0.4) is 0 Å². The van der Waals surface area contributed by atoms with E-state index in [2.05, 4.69) is 5.32 Å². The summed E-state index contributed by atoms with van der Waals surface area (Å²) in [6.07, 6.45) is 1.89. The molecule has 0 fully saturated rings. The second-order valence-electron chi connectivity index (χ2n) is 7.19. The van der Waals surface area contributed by atoms with Gasteiger partial charge in [-0.2, -0.15) is 0 Å². The number of rotatable bonds is 5. The number of hydrogen-bond donors (Lipinski definition) is 1. The second-order valence-corrected chi connectivity index (χ2v) is 7.19. The lowest BCUT2D eigenvalue weighted by atomic mass is 9.75. The molecule has 5 nitrogen and oxygen atoms in total. The van der Waals surface area contributed by atoms with Gasteiger partial charge in [0.25, 0.3) is 0 Å². The minimum atomic E-state index is -0.469. The van der Waals surface area contributed by atoms with Crippen LogP contribution in [-0.2, 0) is 14.3 Å². The van der Waals surface area contributed by atoms with Gasteiger partial charge in [-0.1, -0.05) is 18.2 Å². The maximum atomic E-state index is 13.0. The highest BCUT2D eigenvalue weighted by Crippen LogP contribution is 2.45. The number of nitrogens with one attached hydrogen (secondary N) is 1. The van der Waals surface area contributed by atoms with E-state index in [1.807, 2.05) is 52.0 Å². The van der Waals surface area contributed by atoms with E-state index in [-0.39, 0.29) is 11.9 Å². The third-order valence-electron chi connectivity index (χ3n) is 4.87. The Balaban J connectivity index is 2.18. The van der Waals surface area contributed by atoms with Crippen LogP contribution in [0.25, 0.3) is 0 Å². The SMILES string of the molecule is CCOc1ccccc1[C@H]1C(C(=O)OC(C)C)=C(C)NC2=C1C(=O)CCC2. The van der Waals surface area contributed by atoms with E-state index >= 15 is 0 Å². The van der Waals surface area contributed by atoms with Gasteiger partial charge in [-0.15, -0.1) is 0 Å². The van der Waals surface area contributed by atoms with E-state index in [0.717, 1.165) is 29.8 Å². The maximum absolute atomic E-state index is 13.0. The summed E-state index contributed by atoms with van der Waals surface area (Å²) in [7, 11) is 0. The molecule has 3 rings (SSSR count). The Morgan fingerprint density at radius 2 is 2.00 bits per heavy atom. The number of allylic oxidation sites excluding steroid dienone is 3. The van der Waals surface area contributed by atoms with Crippen molar-refractivity contribution < 1.29 is 19.1 Å². The third-order valence-corrected chi connectivity index (χ3v) is 4.87. The molecular formula is C22H27NO4. The molecule has 1 N–H and O–H groups in total. The van der Waals surface area contributed by atoms with Crippen LogP contribution in [0.5, 0.6) is 5.75 Å². The largest absolute Gasteiger partial charge is 0.494 e. The van der Waals surface area contributed by atoms with Crippen LogP contribution in [0.2, 0.25) is 0 Å². The van der Waals surface area contributed by atoms with E-state index in [4.69, 9.17) is 9.47 Å². The number of hydrogen-bond acceptors (Lipinski definition) is 5. The summed E-state index contributed by atoms with van der Waals surface area (Å²) in [5.74, 6) is -0.0820. The standard InChI is InChI=1S/C22H27NO4/c1-5-26-18-12-7-6-9-15(18)20-19(22(25)27-13(2)3)14(4)23-16-10-8-11-17(24)21(16)20/h6-7,9,12-13,20,23H,5,8,10-11H2,1-4H3/t20-/m0/s1. The molecule has 1 heterocycles. The summed E-state index contributed by atoms with van der Waals surface area (Å²) >= 11 is 0. The Hall–Kier alpha value is -2.56. The van der Waals surface area contributed by atoms with Crippen molar-refractivity contribution in [1.29, 1.82) is 0 Å².